The van der Waals surface area contributed by atoms with Crippen molar-refractivity contribution < 1.29 is 9.66 Å². The zero-order chi connectivity index (χ0) is 15.4. The average molecular weight is 358 g/mol. The number of piperidine rings is 1. The van der Waals surface area contributed by atoms with E-state index in [-0.39, 0.29) is 10.6 Å². The van der Waals surface area contributed by atoms with Gasteiger partial charge in [-0.3, -0.25) is 10.1 Å². The van der Waals surface area contributed by atoms with E-state index in [2.05, 4.69) is 33.2 Å². The number of rotatable bonds is 5. The summed E-state index contributed by atoms with van der Waals surface area (Å²) in [5.74, 6) is 0.477. The molecule has 1 aliphatic rings. The molecular weight excluding hydrogens is 338 g/mol. The highest BCUT2D eigenvalue weighted by Crippen LogP contribution is 2.32. The molecule has 1 N–H and O–H groups in total. The number of nitro groups is 1. The normalized spacial score (nSPS) is 16.9. The molecule has 1 aromatic rings. The molecule has 1 aromatic carbocycles. The number of nitro benzene ring substituents is 1. The number of halogens is 1. The molecule has 0 amide bonds. The van der Waals surface area contributed by atoms with Gasteiger partial charge in [-0.05, 0) is 55.0 Å². The molecule has 21 heavy (non-hydrogen) atoms. The van der Waals surface area contributed by atoms with E-state index < -0.39 is 0 Å². The van der Waals surface area contributed by atoms with Gasteiger partial charge in [0, 0.05) is 18.2 Å². The quantitative estimate of drug-likeness (QED) is 0.647. The van der Waals surface area contributed by atoms with E-state index in [1.54, 1.807) is 6.07 Å². The Bertz CT molecular complexity index is 516. The van der Waals surface area contributed by atoms with Gasteiger partial charge in [-0.1, -0.05) is 0 Å². The summed E-state index contributed by atoms with van der Waals surface area (Å²) in [7, 11) is 3.61. The van der Waals surface area contributed by atoms with Crippen molar-refractivity contribution in [3.8, 4) is 5.75 Å². The molecule has 0 aromatic heterocycles. The van der Waals surface area contributed by atoms with E-state index in [1.165, 1.54) is 13.2 Å². The van der Waals surface area contributed by atoms with Gasteiger partial charge in [0.2, 0.25) is 0 Å². The lowest BCUT2D eigenvalue weighted by Crippen LogP contribution is -2.40. The van der Waals surface area contributed by atoms with Crippen LogP contribution in [0.5, 0.6) is 5.75 Å². The van der Waals surface area contributed by atoms with Gasteiger partial charge in [0.1, 0.15) is 5.75 Å². The summed E-state index contributed by atoms with van der Waals surface area (Å²) in [6, 6.07) is 3.65. The Balaban J connectivity index is 2.08. The van der Waals surface area contributed by atoms with Crippen LogP contribution in [0.4, 0.5) is 5.69 Å². The van der Waals surface area contributed by atoms with Gasteiger partial charge in [0.05, 0.1) is 22.6 Å². The lowest BCUT2D eigenvalue weighted by molar-refractivity contribution is -0.385. The highest BCUT2D eigenvalue weighted by Gasteiger charge is 2.20. The van der Waals surface area contributed by atoms with Crippen LogP contribution in [0, 0.1) is 10.1 Å². The molecular formula is C14H20BrN3O3. The third-order valence-electron chi connectivity index (χ3n) is 3.85. The fraction of sp³-hybridized carbons (Fsp3) is 0.571. The van der Waals surface area contributed by atoms with Crippen LogP contribution in [0.15, 0.2) is 16.6 Å². The smallest absolute Gasteiger partial charge is 0.277 e. The third-order valence-corrected chi connectivity index (χ3v) is 4.47. The summed E-state index contributed by atoms with van der Waals surface area (Å²) in [6.45, 7) is 2.62. The van der Waals surface area contributed by atoms with E-state index in [0.29, 0.717) is 23.9 Å². The predicted octanol–water partition coefficient (Wildman–Crippen LogP) is 2.55. The molecule has 0 radical (unpaired) electrons. The van der Waals surface area contributed by atoms with Gasteiger partial charge in [-0.15, -0.1) is 0 Å². The van der Waals surface area contributed by atoms with Crippen molar-refractivity contribution in [1.29, 1.82) is 0 Å². The number of hydrogen-bond acceptors (Lipinski definition) is 5. The number of methoxy groups -OCH3 is 1. The van der Waals surface area contributed by atoms with Crippen molar-refractivity contribution in [2.45, 2.75) is 25.4 Å². The van der Waals surface area contributed by atoms with Gasteiger partial charge in [0.15, 0.2) is 0 Å². The number of nitrogens with one attached hydrogen (secondary N) is 1. The van der Waals surface area contributed by atoms with E-state index in [4.69, 9.17) is 4.74 Å². The Morgan fingerprint density at radius 3 is 2.71 bits per heavy atom. The minimum Gasteiger partial charge on any atom is -0.495 e. The zero-order valence-corrected chi connectivity index (χ0v) is 13.9. The first-order valence-corrected chi connectivity index (χ1v) is 7.73. The van der Waals surface area contributed by atoms with Gasteiger partial charge in [0.25, 0.3) is 5.69 Å². The molecule has 1 heterocycles. The second-order valence-corrected chi connectivity index (χ2v) is 6.19. The standard InChI is InChI=1S/C14H20BrN3O3/c1-17-5-3-11(4-6-17)16-9-10-7-12(15)14(21-2)8-13(10)18(19)20/h7-8,11,16H,3-6,9H2,1-2H3. The Morgan fingerprint density at radius 2 is 2.14 bits per heavy atom. The van der Waals surface area contributed by atoms with Crippen molar-refractivity contribution >= 4 is 21.6 Å². The number of benzene rings is 1. The molecule has 1 saturated heterocycles. The van der Waals surface area contributed by atoms with Crippen LogP contribution in [0.2, 0.25) is 0 Å². The van der Waals surface area contributed by atoms with Crippen molar-refractivity contribution in [1.82, 2.24) is 10.2 Å². The minimum atomic E-state index is -0.360. The molecule has 0 atom stereocenters. The van der Waals surface area contributed by atoms with Crippen LogP contribution in [0.3, 0.4) is 0 Å². The first kappa shape index (κ1) is 16.2. The summed E-state index contributed by atoms with van der Waals surface area (Å²) in [5, 5.41) is 14.6. The highest BCUT2D eigenvalue weighted by molar-refractivity contribution is 9.10. The average Bonchev–Trinajstić information content (AvgIpc) is 2.46. The lowest BCUT2D eigenvalue weighted by atomic mass is 10.0. The Kier molecular flexibility index (Phi) is 5.55. The molecule has 1 aliphatic heterocycles. The Morgan fingerprint density at radius 1 is 1.48 bits per heavy atom. The minimum absolute atomic E-state index is 0.0930. The number of nitrogens with zero attached hydrogens (tertiary/aromatic N) is 2. The van der Waals surface area contributed by atoms with Crippen LogP contribution in [0.25, 0.3) is 0 Å². The molecule has 0 saturated carbocycles. The SMILES string of the molecule is COc1cc([N+](=O)[O-])c(CNC2CCN(C)CC2)cc1Br. The predicted molar refractivity (Wildman–Crippen MR) is 84.7 cm³/mol. The molecule has 116 valence electrons. The fourth-order valence-corrected chi connectivity index (χ4v) is 3.07. The highest BCUT2D eigenvalue weighted by atomic mass is 79.9. The van der Waals surface area contributed by atoms with Crippen molar-refractivity contribution in [3.05, 3.63) is 32.3 Å². The summed E-state index contributed by atoms with van der Waals surface area (Å²) in [5.41, 5.74) is 0.766. The van der Waals surface area contributed by atoms with Crippen LogP contribution < -0.4 is 10.1 Å². The number of ether oxygens (including phenoxy) is 1. The van der Waals surface area contributed by atoms with Crippen molar-refractivity contribution in [3.63, 3.8) is 0 Å². The fourth-order valence-electron chi connectivity index (χ4n) is 2.52. The molecule has 0 aliphatic carbocycles. The second kappa shape index (κ2) is 7.20. The maximum atomic E-state index is 11.2. The van der Waals surface area contributed by atoms with Gasteiger partial charge in [-0.25, -0.2) is 0 Å². The van der Waals surface area contributed by atoms with Crippen molar-refractivity contribution in [2.24, 2.45) is 0 Å². The summed E-state index contributed by atoms with van der Waals surface area (Å²) < 4.78 is 5.85. The summed E-state index contributed by atoms with van der Waals surface area (Å²) >= 11 is 3.38. The second-order valence-electron chi connectivity index (χ2n) is 5.33. The Hall–Kier alpha value is -1.18. The van der Waals surface area contributed by atoms with Gasteiger partial charge < -0.3 is 15.0 Å². The largest absolute Gasteiger partial charge is 0.495 e. The van der Waals surface area contributed by atoms with Crippen LogP contribution >= 0.6 is 15.9 Å². The van der Waals surface area contributed by atoms with E-state index >= 15 is 0 Å². The molecule has 0 spiro atoms. The van der Waals surface area contributed by atoms with Crippen LogP contribution in [-0.2, 0) is 6.54 Å². The molecule has 0 bridgehead atoms. The monoisotopic (exact) mass is 357 g/mol. The molecule has 7 heteroatoms. The number of hydrogen-bond donors (Lipinski definition) is 1. The topological polar surface area (TPSA) is 67.6 Å². The Labute approximate surface area is 132 Å². The maximum absolute atomic E-state index is 11.2. The van der Waals surface area contributed by atoms with Crippen molar-refractivity contribution in [2.75, 3.05) is 27.2 Å². The first-order valence-electron chi connectivity index (χ1n) is 6.94. The van der Waals surface area contributed by atoms with E-state index in [0.717, 1.165) is 30.4 Å². The first-order chi connectivity index (χ1) is 10.0. The molecule has 1 fully saturated rings. The molecule has 2 rings (SSSR count). The van der Waals surface area contributed by atoms with Gasteiger partial charge >= 0.3 is 0 Å². The molecule has 6 nitrogen and oxygen atoms in total. The summed E-state index contributed by atoms with van der Waals surface area (Å²) in [6.07, 6.45) is 2.14. The number of likely N-dealkylation sites (tertiary alicyclic amines) is 1. The van der Waals surface area contributed by atoms with Gasteiger partial charge in [-0.2, -0.15) is 0 Å². The zero-order valence-electron chi connectivity index (χ0n) is 12.3. The van der Waals surface area contributed by atoms with Crippen LogP contribution in [0.1, 0.15) is 18.4 Å². The maximum Gasteiger partial charge on any atom is 0.277 e. The third kappa shape index (κ3) is 4.15. The van der Waals surface area contributed by atoms with E-state index in [9.17, 15) is 10.1 Å². The lowest BCUT2D eigenvalue weighted by Gasteiger charge is -2.29. The van der Waals surface area contributed by atoms with Crippen LogP contribution in [-0.4, -0.2) is 43.1 Å². The molecule has 0 unspecified atom stereocenters. The van der Waals surface area contributed by atoms with E-state index in [1.807, 2.05) is 0 Å². The summed E-state index contributed by atoms with van der Waals surface area (Å²) in [4.78, 5) is 13.1.